The molecule has 0 radical (unpaired) electrons. The number of nitrogens with one attached hydrogen (secondary N) is 1. The zero-order valence-electron chi connectivity index (χ0n) is 14.5. The van der Waals surface area contributed by atoms with E-state index in [0.29, 0.717) is 10.7 Å². The highest BCUT2D eigenvalue weighted by Gasteiger charge is 2.15. The van der Waals surface area contributed by atoms with E-state index in [9.17, 15) is 4.79 Å². The molecule has 0 fully saturated rings. The fourth-order valence-electron chi connectivity index (χ4n) is 2.53. The lowest BCUT2D eigenvalue weighted by Crippen LogP contribution is -2.14. The number of fused-ring (bicyclic) bond motifs is 1. The van der Waals surface area contributed by atoms with Crippen LogP contribution in [-0.4, -0.2) is 10.9 Å². The third-order valence-corrected chi connectivity index (χ3v) is 5.03. The Labute approximate surface area is 146 Å². The first kappa shape index (κ1) is 16.7. The number of nitrogens with zero attached hydrogens (tertiary/aromatic N) is 1. The van der Waals surface area contributed by atoms with Crippen LogP contribution >= 0.6 is 11.3 Å². The maximum Gasteiger partial charge on any atom is 0.257 e. The fourth-order valence-corrected chi connectivity index (χ4v) is 3.46. The molecular formula is C20H22N2OS. The van der Waals surface area contributed by atoms with Gasteiger partial charge in [0, 0.05) is 5.56 Å². The van der Waals surface area contributed by atoms with Gasteiger partial charge >= 0.3 is 0 Å². The van der Waals surface area contributed by atoms with Crippen LogP contribution in [0.25, 0.3) is 10.2 Å². The number of thiazole rings is 1. The zero-order chi connectivity index (χ0) is 17.3. The summed E-state index contributed by atoms with van der Waals surface area (Å²) in [6.07, 6.45) is 0.996. The minimum absolute atomic E-state index is 0.0824. The molecule has 0 aliphatic heterocycles. The lowest BCUT2D eigenvalue weighted by atomic mass is 9.87. The van der Waals surface area contributed by atoms with E-state index in [-0.39, 0.29) is 11.3 Å². The van der Waals surface area contributed by atoms with Crippen molar-refractivity contribution in [3.63, 3.8) is 0 Å². The molecule has 0 saturated carbocycles. The zero-order valence-corrected chi connectivity index (χ0v) is 15.3. The molecule has 1 aromatic heterocycles. The van der Waals surface area contributed by atoms with E-state index in [1.165, 1.54) is 22.5 Å². The Morgan fingerprint density at radius 1 is 1.12 bits per heavy atom. The van der Waals surface area contributed by atoms with Gasteiger partial charge in [0.05, 0.1) is 10.2 Å². The van der Waals surface area contributed by atoms with Gasteiger partial charge in [0.15, 0.2) is 5.13 Å². The van der Waals surface area contributed by atoms with Gasteiger partial charge in [-0.2, -0.15) is 0 Å². The highest BCUT2D eigenvalue weighted by atomic mass is 32.1. The smallest absolute Gasteiger partial charge is 0.257 e. The van der Waals surface area contributed by atoms with Crippen molar-refractivity contribution in [3.8, 4) is 0 Å². The normalized spacial score (nSPS) is 11.7. The maximum atomic E-state index is 12.4. The van der Waals surface area contributed by atoms with Crippen LogP contribution in [0.2, 0.25) is 0 Å². The quantitative estimate of drug-likeness (QED) is 0.694. The second-order valence-electron chi connectivity index (χ2n) is 6.96. The van der Waals surface area contributed by atoms with Crippen LogP contribution in [0.15, 0.2) is 42.5 Å². The van der Waals surface area contributed by atoms with Crippen molar-refractivity contribution in [2.24, 2.45) is 0 Å². The molecule has 1 amide bonds. The largest absolute Gasteiger partial charge is 0.298 e. The van der Waals surface area contributed by atoms with E-state index in [2.05, 4.69) is 50.1 Å². The SMILES string of the molecule is CCc1ccc2nc(NC(=O)c3ccc(C(C)(C)C)cc3)sc2c1. The minimum atomic E-state index is -0.120. The lowest BCUT2D eigenvalue weighted by molar-refractivity contribution is 0.102. The standard InChI is InChI=1S/C20H22N2OS/c1-5-13-6-11-16-17(12-13)24-19(21-16)22-18(23)14-7-9-15(10-8-14)20(2,3)4/h6-12H,5H2,1-4H3,(H,21,22,23). The van der Waals surface area contributed by atoms with E-state index in [1.54, 1.807) is 0 Å². The summed E-state index contributed by atoms with van der Waals surface area (Å²) < 4.78 is 1.10. The summed E-state index contributed by atoms with van der Waals surface area (Å²) in [6.45, 7) is 8.61. The van der Waals surface area contributed by atoms with Crippen LogP contribution in [0.4, 0.5) is 5.13 Å². The average molecular weight is 338 g/mol. The number of carbonyl (C=O) groups is 1. The third-order valence-electron chi connectivity index (χ3n) is 4.09. The number of benzene rings is 2. The number of hydrogen-bond donors (Lipinski definition) is 1. The van der Waals surface area contributed by atoms with Crippen molar-refractivity contribution >= 4 is 32.6 Å². The number of rotatable bonds is 3. The topological polar surface area (TPSA) is 42.0 Å². The first-order valence-corrected chi connectivity index (χ1v) is 9.00. The molecule has 4 heteroatoms. The molecule has 3 nitrogen and oxygen atoms in total. The van der Waals surface area contributed by atoms with Crippen LogP contribution in [-0.2, 0) is 11.8 Å². The Balaban J connectivity index is 1.79. The van der Waals surface area contributed by atoms with E-state index in [4.69, 9.17) is 0 Å². The number of hydrogen-bond acceptors (Lipinski definition) is 3. The summed E-state index contributed by atoms with van der Waals surface area (Å²) in [5, 5.41) is 3.55. The summed E-state index contributed by atoms with van der Waals surface area (Å²) in [5.41, 5.74) is 4.15. The van der Waals surface area contributed by atoms with Gasteiger partial charge in [-0.15, -0.1) is 0 Å². The van der Waals surface area contributed by atoms with Gasteiger partial charge in [-0.25, -0.2) is 4.98 Å². The number of amides is 1. The second kappa shape index (κ2) is 6.36. The predicted molar refractivity (Wildman–Crippen MR) is 102 cm³/mol. The van der Waals surface area contributed by atoms with Crippen LogP contribution in [0.5, 0.6) is 0 Å². The van der Waals surface area contributed by atoms with Crippen LogP contribution in [0.1, 0.15) is 49.2 Å². The Kier molecular flexibility index (Phi) is 4.41. The highest BCUT2D eigenvalue weighted by Crippen LogP contribution is 2.28. The Morgan fingerprint density at radius 2 is 1.83 bits per heavy atom. The number of aryl methyl sites for hydroxylation is 1. The molecule has 3 rings (SSSR count). The summed E-state index contributed by atoms with van der Waals surface area (Å²) in [6, 6.07) is 14.0. The van der Waals surface area contributed by atoms with Gasteiger partial charge in [0.1, 0.15) is 0 Å². The molecule has 3 aromatic rings. The summed E-state index contributed by atoms with van der Waals surface area (Å²) in [4.78, 5) is 16.9. The van der Waals surface area contributed by atoms with Crippen LogP contribution in [0, 0.1) is 0 Å². The lowest BCUT2D eigenvalue weighted by Gasteiger charge is -2.18. The molecule has 0 unspecified atom stereocenters. The number of anilines is 1. The second-order valence-corrected chi connectivity index (χ2v) is 7.99. The van der Waals surface area contributed by atoms with Crippen LogP contribution < -0.4 is 5.32 Å². The molecule has 0 spiro atoms. The van der Waals surface area contributed by atoms with Gasteiger partial charge in [-0.1, -0.05) is 57.2 Å². The van der Waals surface area contributed by atoms with Crippen molar-refractivity contribution in [2.45, 2.75) is 39.5 Å². The number of carbonyl (C=O) groups excluding carboxylic acids is 1. The monoisotopic (exact) mass is 338 g/mol. The average Bonchev–Trinajstić information content (AvgIpc) is 2.95. The third kappa shape index (κ3) is 3.49. The summed E-state index contributed by atoms with van der Waals surface area (Å²) in [5.74, 6) is -0.120. The van der Waals surface area contributed by atoms with Crippen LogP contribution in [0.3, 0.4) is 0 Å². The van der Waals surface area contributed by atoms with Crippen molar-refractivity contribution < 1.29 is 4.79 Å². The van der Waals surface area contributed by atoms with Crippen molar-refractivity contribution in [3.05, 3.63) is 59.2 Å². The Morgan fingerprint density at radius 3 is 2.46 bits per heavy atom. The molecule has 2 aromatic carbocycles. The molecular weight excluding hydrogens is 316 g/mol. The van der Waals surface area contributed by atoms with Gasteiger partial charge in [0.2, 0.25) is 0 Å². The molecule has 1 heterocycles. The Bertz CT molecular complexity index is 873. The molecule has 24 heavy (non-hydrogen) atoms. The van der Waals surface area contributed by atoms with Crippen molar-refractivity contribution in [1.29, 1.82) is 0 Å². The molecule has 0 saturated heterocycles. The minimum Gasteiger partial charge on any atom is -0.298 e. The summed E-state index contributed by atoms with van der Waals surface area (Å²) >= 11 is 1.51. The molecule has 0 bridgehead atoms. The Hall–Kier alpha value is -2.20. The molecule has 0 aliphatic rings. The van der Waals surface area contributed by atoms with E-state index < -0.39 is 0 Å². The fraction of sp³-hybridized carbons (Fsp3) is 0.300. The predicted octanol–water partition coefficient (Wildman–Crippen LogP) is 5.41. The van der Waals surface area contributed by atoms with Gasteiger partial charge in [-0.05, 0) is 47.2 Å². The molecule has 124 valence electrons. The number of aromatic nitrogens is 1. The van der Waals surface area contributed by atoms with E-state index in [0.717, 1.165) is 16.6 Å². The van der Waals surface area contributed by atoms with Gasteiger partial charge < -0.3 is 0 Å². The van der Waals surface area contributed by atoms with Crippen molar-refractivity contribution in [1.82, 2.24) is 4.98 Å². The van der Waals surface area contributed by atoms with Gasteiger partial charge in [-0.3, -0.25) is 10.1 Å². The molecule has 0 atom stereocenters. The maximum absolute atomic E-state index is 12.4. The van der Waals surface area contributed by atoms with Gasteiger partial charge in [0.25, 0.3) is 5.91 Å². The first-order chi connectivity index (χ1) is 11.4. The summed E-state index contributed by atoms with van der Waals surface area (Å²) in [7, 11) is 0. The first-order valence-electron chi connectivity index (χ1n) is 8.18. The van der Waals surface area contributed by atoms with E-state index >= 15 is 0 Å². The highest BCUT2D eigenvalue weighted by molar-refractivity contribution is 7.22. The van der Waals surface area contributed by atoms with E-state index in [1.807, 2.05) is 30.3 Å². The molecule has 1 N–H and O–H groups in total. The van der Waals surface area contributed by atoms with Crippen molar-refractivity contribution in [2.75, 3.05) is 5.32 Å². The molecule has 0 aliphatic carbocycles.